The third-order valence-corrected chi connectivity index (χ3v) is 6.33. The van der Waals surface area contributed by atoms with Crippen LogP contribution in [0, 0.1) is 5.92 Å². The molecule has 1 saturated heterocycles. The average Bonchev–Trinajstić information content (AvgIpc) is 2.72. The molecule has 3 rings (SSSR count). The summed E-state index contributed by atoms with van der Waals surface area (Å²) in [5, 5.41) is 3.20. The van der Waals surface area contributed by atoms with Crippen molar-refractivity contribution in [3.8, 4) is 0 Å². The molecule has 170 valence electrons. The second-order valence-corrected chi connectivity index (χ2v) is 8.48. The van der Waals surface area contributed by atoms with Crippen LogP contribution in [0.15, 0.2) is 46.9 Å². The number of hydrogen-bond donors (Lipinski definition) is 2. The molecule has 0 aliphatic carbocycles. The van der Waals surface area contributed by atoms with Gasteiger partial charge in [0.15, 0.2) is 5.11 Å². The molecule has 1 amide bonds. The molecule has 0 spiro atoms. The normalized spacial score (nSPS) is 21.1. The highest BCUT2D eigenvalue weighted by Crippen LogP contribution is 2.39. The number of rotatable bonds is 4. The SMILES string of the molecule is COC(=O)C1C(C)N(c2cccc(C(F)(F)F)c2)C(=S)N[C@@H]1c1ccc(C(N)=O)cc1Br. The van der Waals surface area contributed by atoms with Crippen molar-refractivity contribution in [2.45, 2.75) is 25.2 Å². The van der Waals surface area contributed by atoms with Crippen LogP contribution in [-0.4, -0.2) is 30.1 Å². The maximum Gasteiger partial charge on any atom is 0.416 e. The van der Waals surface area contributed by atoms with Crippen molar-refractivity contribution in [1.29, 1.82) is 0 Å². The van der Waals surface area contributed by atoms with Gasteiger partial charge in [-0.2, -0.15) is 13.2 Å². The van der Waals surface area contributed by atoms with Gasteiger partial charge in [-0.1, -0.05) is 28.1 Å². The van der Waals surface area contributed by atoms with Crippen molar-refractivity contribution >= 4 is 50.8 Å². The molecule has 2 aromatic rings. The zero-order valence-corrected chi connectivity index (χ0v) is 19.3. The lowest BCUT2D eigenvalue weighted by Crippen LogP contribution is -2.60. The molecule has 2 unspecified atom stereocenters. The van der Waals surface area contributed by atoms with Crippen molar-refractivity contribution in [1.82, 2.24) is 5.32 Å². The summed E-state index contributed by atoms with van der Waals surface area (Å²) >= 11 is 8.88. The zero-order valence-electron chi connectivity index (χ0n) is 16.9. The summed E-state index contributed by atoms with van der Waals surface area (Å²) in [6, 6.07) is 8.09. The molecule has 0 radical (unpaired) electrons. The Hall–Kier alpha value is -2.66. The molecule has 0 aromatic heterocycles. The Labute approximate surface area is 196 Å². The molecule has 1 aliphatic rings. The molecular weight excluding hydrogens is 511 g/mol. The zero-order chi connectivity index (χ0) is 23.8. The predicted molar refractivity (Wildman–Crippen MR) is 120 cm³/mol. The molecule has 3 atom stereocenters. The highest BCUT2D eigenvalue weighted by Gasteiger charge is 2.45. The van der Waals surface area contributed by atoms with E-state index in [0.29, 0.717) is 10.0 Å². The Balaban J connectivity index is 2.05. The van der Waals surface area contributed by atoms with E-state index in [4.69, 9.17) is 22.7 Å². The molecule has 1 aliphatic heterocycles. The number of carbonyl (C=O) groups excluding carboxylic acids is 2. The topological polar surface area (TPSA) is 84.7 Å². The number of carbonyl (C=O) groups is 2. The fraction of sp³-hybridized carbons (Fsp3) is 0.286. The number of methoxy groups -OCH3 is 1. The Morgan fingerprint density at radius 1 is 1.22 bits per heavy atom. The summed E-state index contributed by atoms with van der Waals surface area (Å²) in [6.07, 6.45) is -4.53. The summed E-state index contributed by atoms with van der Waals surface area (Å²) in [7, 11) is 1.24. The van der Waals surface area contributed by atoms with Crippen LogP contribution in [0.25, 0.3) is 0 Å². The lowest BCUT2D eigenvalue weighted by atomic mass is 9.84. The van der Waals surface area contributed by atoms with Gasteiger partial charge >= 0.3 is 12.1 Å². The molecule has 0 saturated carbocycles. The maximum atomic E-state index is 13.2. The third kappa shape index (κ3) is 4.58. The van der Waals surface area contributed by atoms with E-state index in [1.165, 1.54) is 36.3 Å². The van der Waals surface area contributed by atoms with E-state index in [1.807, 2.05) is 0 Å². The van der Waals surface area contributed by atoms with Gasteiger partial charge in [0.25, 0.3) is 0 Å². The van der Waals surface area contributed by atoms with Gasteiger partial charge in [-0.15, -0.1) is 0 Å². The minimum absolute atomic E-state index is 0.146. The first-order valence-corrected chi connectivity index (χ1v) is 10.6. The summed E-state index contributed by atoms with van der Waals surface area (Å²) in [4.78, 5) is 25.7. The number of esters is 1. The standard InChI is InChI=1S/C21H19BrF3N3O3S/c1-10-16(19(30)31-2)17(14-7-6-11(18(26)29)8-15(14)22)27-20(32)28(10)13-5-3-4-12(9-13)21(23,24)25/h3-10,16-17H,1-2H3,(H2,26,29)(H,27,32)/t10?,16?,17-/m1/s1. The van der Waals surface area contributed by atoms with Gasteiger partial charge in [-0.3, -0.25) is 9.59 Å². The molecule has 1 fully saturated rings. The number of nitrogens with zero attached hydrogens (tertiary/aromatic N) is 1. The number of primary amides is 1. The average molecular weight is 530 g/mol. The molecular formula is C21H19BrF3N3O3S. The fourth-order valence-corrected chi connectivity index (χ4v) is 4.80. The predicted octanol–water partition coefficient (Wildman–Crippen LogP) is 4.18. The van der Waals surface area contributed by atoms with Gasteiger partial charge in [0.2, 0.25) is 5.91 Å². The number of ether oxygens (including phenoxy) is 1. The second kappa shape index (κ2) is 9.07. The number of alkyl halides is 3. The van der Waals surface area contributed by atoms with E-state index in [1.54, 1.807) is 13.0 Å². The lowest BCUT2D eigenvalue weighted by molar-refractivity contribution is -0.147. The van der Waals surface area contributed by atoms with Gasteiger partial charge in [0.1, 0.15) is 5.92 Å². The van der Waals surface area contributed by atoms with E-state index >= 15 is 0 Å². The minimum atomic E-state index is -4.53. The number of amides is 1. The summed E-state index contributed by atoms with van der Waals surface area (Å²) in [5.41, 5.74) is 5.57. The lowest BCUT2D eigenvalue weighted by Gasteiger charge is -2.45. The van der Waals surface area contributed by atoms with Gasteiger partial charge < -0.3 is 20.7 Å². The maximum absolute atomic E-state index is 13.2. The second-order valence-electron chi connectivity index (χ2n) is 7.24. The minimum Gasteiger partial charge on any atom is -0.469 e. The van der Waals surface area contributed by atoms with Crippen LogP contribution in [0.2, 0.25) is 0 Å². The van der Waals surface area contributed by atoms with E-state index in [2.05, 4.69) is 21.2 Å². The number of nitrogens with one attached hydrogen (secondary N) is 1. The molecule has 32 heavy (non-hydrogen) atoms. The van der Waals surface area contributed by atoms with Crippen LogP contribution in [0.5, 0.6) is 0 Å². The van der Waals surface area contributed by atoms with Crippen molar-refractivity contribution in [3.63, 3.8) is 0 Å². The Morgan fingerprint density at radius 2 is 1.91 bits per heavy atom. The van der Waals surface area contributed by atoms with Gasteiger partial charge in [0, 0.05) is 21.8 Å². The van der Waals surface area contributed by atoms with E-state index in [0.717, 1.165) is 12.1 Å². The van der Waals surface area contributed by atoms with Crippen LogP contribution >= 0.6 is 28.1 Å². The van der Waals surface area contributed by atoms with Gasteiger partial charge in [-0.25, -0.2) is 0 Å². The van der Waals surface area contributed by atoms with Crippen molar-refractivity contribution in [2.75, 3.05) is 12.0 Å². The first-order valence-electron chi connectivity index (χ1n) is 9.39. The van der Waals surface area contributed by atoms with Crippen molar-refractivity contribution < 1.29 is 27.5 Å². The van der Waals surface area contributed by atoms with Crippen LogP contribution in [0.3, 0.4) is 0 Å². The largest absolute Gasteiger partial charge is 0.469 e. The Bertz CT molecular complexity index is 1080. The highest BCUT2D eigenvalue weighted by atomic mass is 79.9. The Morgan fingerprint density at radius 3 is 2.47 bits per heavy atom. The first-order chi connectivity index (χ1) is 15.0. The number of thiocarbonyl (C=S) groups is 1. The van der Waals surface area contributed by atoms with Crippen LogP contribution < -0.4 is 16.0 Å². The molecule has 6 nitrogen and oxygen atoms in total. The number of nitrogens with two attached hydrogens (primary N) is 1. The van der Waals surface area contributed by atoms with Crippen molar-refractivity contribution in [2.24, 2.45) is 11.7 Å². The Kier molecular flexibility index (Phi) is 6.80. The summed E-state index contributed by atoms with van der Waals surface area (Å²) in [5.74, 6) is -2.02. The summed E-state index contributed by atoms with van der Waals surface area (Å²) < 4.78 is 45.2. The molecule has 1 heterocycles. The third-order valence-electron chi connectivity index (χ3n) is 5.33. The van der Waals surface area contributed by atoms with E-state index < -0.39 is 41.6 Å². The van der Waals surface area contributed by atoms with Crippen LogP contribution in [-0.2, 0) is 15.7 Å². The number of anilines is 1. The van der Waals surface area contributed by atoms with Crippen LogP contribution in [0.4, 0.5) is 18.9 Å². The van der Waals surface area contributed by atoms with E-state index in [9.17, 15) is 22.8 Å². The van der Waals surface area contributed by atoms with Gasteiger partial charge in [-0.05, 0) is 55.0 Å². The van der Waals surface area contributed by atoms with Gasteiger partial charge in [0.05, 0.1) is 18.7 Å². The summed E-state index contributed by atoms with van der Waals surface area (Å²) in [6.45, 7) is 1.69. The highest BCUT2D eigenvalue weighted by molar-refractivity contribution is 9.10. The quantitative estimate of drug-likeness (QED) is 0.456. The number of halogens is 4. The van der Waals surface area contributed by atoms with Crippen LogP contribution in [0.1, 0.15) is 34.5 Å². The number of hydrogen-bond acceptors (Lipinski definition) is 4. The fourth-order valence-electron chi connectivity index (χ4n) is 3.77. The van der Waals surface area contributed by atoms with E-state index in [-0.39, 0.29) is 16.4 Å². The smallest absolute Gasteiger partial charge is 0.416 e. The molecule has 11 heteroatoms. The monoisotopic (exact) mass is 529 g/mol. The molecule has 0 bridgehead atoms. The molecule has 2 aromatic carbocycles. The molecule has 3 N–H and O–H groups in total. The van der Waals surface area contributed by atoms with Crippen molar-refractivity contribution in [3.05, 3.63) is 63.6 Å². The number of benzene rings is 2. The first kappa shape index (κ1) is 24.0.